The molecule has 1 aliphatic heterocycles. The lowest BCUT2D eigenvalue weighted by molar-refractivity contribution is -0.192. The number of amides is 1. The fraction of sp³-hybridized carbons (Fsp3) is 0.680. The maximum absolute atomic E-state index is 13.3. The molecule has 0 atom stereocenters. The molecule has 2 rings (SSSR count). The van der Waals surface area contributed by atoms with E-state index in [4.69, 9.17) is 14.6 Å². The molecular formula is C25H40F3N3O6S. The number of carboxylic acid groups (broad SMARTS) is 1. The van der Waals surface area contributed by atoms with Crippen LogP contribution in [0.25, 0.3) is 0 Å². The van der Waals surface area contributed by atoms with Crippen molar-refractivity contribution >= 4 is 21.9 Å². The molecule has 0 bridgehead atoms. The molecule has 1 heterocycles. The lowest BCUT2D eigenvalue weighted by Crippen LogP contribution is -2.47. The number of carbonyl (C=O) groups is 2. The fourth-order valence-corrected chi connectivity index (χ4v) is 5.10. The zero-order valence-corrected chi connectivity index (χ0v) is 23.3. The highest BCUT2D eigenvalue weighted by Crippen LogP contribution is 2.19. The van der Waals surface area contributed by atoms with Gasteiger partial charge in [-0.2, -0.15) is 17.5 Å². The number of carbonyl (C=O) groups excluding carboxylic acids is 1. The number of carboxylic acids is 1. The van der Waals surface area contributed by atoms with Gasteiger partial charge in [-0.1, -0.05) is 26.0 Å². The van der Waals surface area contributed by atoms with Gasteiger partial charge in [0, 0.05) is 52.3 Å². The van der Waals surface area contributed by atoms with E-state index in [0.717, 1.165) is 25.1 Å². The highest BCUT2D eigenvalue weighted by atomic mass is 32.2. The Labute approximate surface area is 223 Å². The molecule has 0 radical (unpaired) electrons. The molecule has 9 nitrogen and oxygen atoms in total. The molecule has 0 saturated carbocycles. The number of hydrogen-bond acceptors (Lipinski definition) is 6. The summed E-state index contributed by atoms with van der Waals surface area (Å²) in [5, 5.41) is 10.4. The van der Waals surface area contributed by atoms with Crippen LogP contribution in [0.2, 0.25) is 0 Å². The maximum Gasteiger partial charge on any atom is 0.490 e. The highest BCUT2D eigenvalue weighted by molar-refractivity contribution is 7.89. The molecule has 1 aliphatic rings. The average molecular weight is 568 g/mol. The predicted octanol–water partition coefficient (Wildman–Crippen LogP) is 3.15. The summed E-state index contributed by atoms with van der Waals surface area (Å²) in [5.74, 6) is -2.24. The smallest absolute Gasteiger partial charge is 0.475 e. The second-order valence-electron chi connectivity index (χ2n) is 9.60. The van der Waals surface area contributed by atoms with Crippen LogP contribution < -0.4 is 5.32 Å². The van der Waals surface area contributed by atoms with Gasteiger partial charge in [0.2, 0.25) is 15.9 Å². The van der Waals surface area contributed by atoms with Gasteiger partial charge in [0.25, 0.3) is 0 Å². The summed E-state index contributed by atoms with van der Waals surface area (Å²) >= 11 is 0. The van der Waals surface area contributed by atoms with Crippen LogP contribution in [0.5, 0.6) is 0 Å². The van der Waals surface area contributed by atoms with Crippen molar-refractivity contribution in [1.29, 1.82) is 0 Å². The quantitative estimate of drug-likeness (QED) is 0.373. The fourth-order valence-electron chi connectivity index (χ4n) is 3.62. The minimum Gasteiger partial charge on any atom is -0.475 e. The third kappa shape index (κ3) is 12.5. The summed E-state index contributed by atoms with van der Waals surface area (Å²) < 4.78 is 65.4. The number of aliphatic carboxylic acids is 1. The molecule has 1 aromatic carbocycles. The number of rotatable bonds is 12. The van der Waals surface area contributed by atoms with Crippen LogP contribution in [0.4, 0.5) is 13.2 Å². The third-order valence-electron chi connectivity index (χ3n) is 5.50. The lowest BCUT2D eigenvalue weighted by Gasteiger charge is -2.29. The number of nitrogens with one attached hydrogen (secondary N) is 1. The van der Waals surface area contributed by atoms with E-state index in [-0.39, 0.29) is 29.9 Å². The standard InChI is InChI=1S/C23H39N3O4S.C2HF3O2/c1-19(2)18-21-6-8-22(9-7-21)31(28,29)26(13-5-17-30-20(3)4)14-10-23(27)25-15-11-24-12-16-25;3-2(4,5)1(6)7/h6-9,19-20,24H,5,10-18H2,1-4H3;(H,6,7). The van der Waals surface area contributed by atoms with E-state index in [2.05, 4.69) is 19.2 Å². The van der Waals surface area contributed by atoms with Crippen molar-refractivity contribution in [3.05, 3.63) is 29.8 Å². The van der Waals surface area contributed by atoms with Crippen molar-refractivity contribution in [2.45, 2.75) is 64.1 Å². The Bertz CT molecular complexity index is 964. The minimum atomic E-state index is -5.08. The first-order valence-electron chi connectivity index (χ1n) is 12.6. The van der Waals surface area contributed by atoms with Crippen LogP contribution in [0.15, 0.2) is 29.2 Å². The number of hydrogen-bond donors (Lipinski definition) is 2. The number of sulfonamides is 1. The Kier molecular flexibility index (Phi) is 14.2. The first-order valence-corrected chi connectivity index (χ1v) is 14.1. The lowest BCUT2D eigenvalue weighted by atomic mass is 10.0. The summed E-state index contributed by atoms with van der Waals surface area (Å²) in [4.78, 5) is 23.6. The summed E-state index contributed by atoms with van der Waals surface area (Å²) in [5.41, 5.74) is 1.12. The van der Waals surface area contributed by atoms with Crippen molar-refractivity contribution in [1.82, 2.24) is 14.5 Å². The number of alkyl halides is 3. The Morgan fingerprint density at radius 2 is 1.63 bits per heavy atom. The van der Waals surface area contributed by atoms with Gasteiger partial charge in [-0.15, -0.1) is 0 Å². The van der Waals surface area contributed by atoms with Gasteiger partial charge in [-0.3, -0.25) is 4.79 Å². The maximum atomic E-state index is 13.3. The molecule has 13 heteroatoms. The van der Waals surface area contributed by atoms with Crippen LogP contribution in [-0.4, -0.2) is 92.8 Å². The van der Waals surface area contributed by atoms with Gasteiger partial charge >= 0.3 is 12.1 Å². The van der Waals surface area contributed by atoms with Gasteiger partial charge in [0.15, 0.2) is 0 Å². The Balaban J connectivity index is 0.000000905. The molecule has 0 aromatic heterocycles. The molecule has 2 N–H and O–H groups in total. The molecule has 0 unspecified atom stereocenters. The van der Waals surface area contributed by atoms with Crippen molar-refractivity contribution in [3.8, 4) is 0 Å². The SMILES string of the molecule is CC(C)Cc1ccc(S(=O)(=O)N(CCCOC(C)C)CCC(=O)N2CCNCC2)cc1.O=C(O)C(F)(F)F. The zero-order chi connectivity index (χ0) is 28.9. The Morgan fingerprint density at radius 1 is 1.08 bits per heavy atom. The number of benzene rings is 1. The molecule has 1 fully saturated rings. The second-order valence-corrected chi connectivity index (χ2v) is 11.5. The van der Waals surface area contributed by atoms with E-state index in [0.29, 0.717) is 38.6 Å². The molecule has 0 spiro atoms. The van der Waals surface area contributed by atoms with E-state index >= 15 is 0 Å². The average Bonchev–Trinajstić information content (AvgIpc) is 2.83. The van der Waals surface area contributed by atoms with Crippen molar-refractivity contribution in [2.75, 3.05) is 45.9 Å². The first kappa shape index (κ1) is 33.8. The highest BCUT2D eigenvalue weighted by Gasteiger charge is 2.38. The first-order chi connectivity index (χ1) is 17.6. The van der Waals surface area contributed by atoms with Gasteiger partial charge in [0.05, 0.1) is 11.0 Å². The predicted molar refractivity (Wildman–Crippen MR) is 137 cm³/mol. The van der Waals surface area contributed by atoms with E-state index in [1.807, 2.05) is 30.9 Å². The van der Waals surface area contributed by atoms with Crippen molar-refractivity contribution in [2.24, 2.45) is 5.92 Å². The Morgan fingerprint density at radius 3 is 2.11 bits per heavy atom. The summed E-state index contributed by atoms with van der Waals surface area (Å²) in [7, 11) is -3.68. The molecule has 1 saturated heterocycles. The van der Waals surface area contributed by atoms with Crippen molar-refractivity contribution in [3.63, 3.8) is 0 Å². The van der Waals surface area contributed by atoms with Gasteiger partial charge in [-0.25, -0.2) is 13.2 Å². The normalized spacial score (nSPS) is 14.5. The van der Waals surface area contributed by atoms with Gasteiger partial charge in [-0.05, 0) is 50.3 Å². The third-order valence-corrected chi connectivity index (χ3v) is 7.41. The number of nitrogens with zero attached hydrogens (tertiary/aromatic N) is 2. The van der Waals surface area contributed by atoms with E-state index in [1.54, 1.807) is 12.1 Å². The molecule has 0 aliphatic carbocycles. The molecule has 218 valence electrons. The van der Waals surface area contributed by atoms with Crippen LogP contribution in [-0.2, 0) is 30.8 Å². The molecule has 1 aromatic rings. The van der Waals surface area contributed by atoms with Crippen LogP contribution in [0, 0.1) is 5.92 Å². The molecule has 1 amide bonds. The minimum absolute atomic E-state index is 0.00686. The Hall–Kier alpha value is -2.22. The summed E-state index contributed by atoms with van der Waals surface area (Å²) in [6.07, 6.45) is -3.29. The number of piperazine rings is 1. The largest absolute Gasteiger partial charge is 0.490 e. The van der Waals surface area contributed by atoms with Crippen LogP contribution in [0.1, 0.15) is 46.1 Å². The second kappa shape index (κ2) is 16.0. The van der Waals surface area contributed by atoms with E-state index < -0.39 is 22.2 Å². The van der Waals surface area contributed by atoms with E-state index in [1.165, 1.54) is 4.31 Å². The number of ether oxygens (including phenoxy) is 1. The number of halogens is 3. The topological polar surface area (TPSA) is 116 Å². The van der Waals surface area contributed by atoms with Gasteiger partial charge < -0.3 is 20.1 Å². The molecular weight excluding hydrogens is 527 g/mol. The van der Waals surface area contributed by atoms with Crippen LogP contribution >= 0.6 is 0 Å². The van der Waals surface area contributed by atoms with Crippen LogP contribution in [0.3, 0.4) is 0 Å². The summed E-state index contributed by atoms with van der Waals surface area (Å²) in [6, 6.07) is 7.14. The zero-order valence-electron chi connectivity index (χ0n) is 22.5. The summed E-state index contributed by atoms with van der Waals surface area (Å²) in [6.45, 7) is 12.1. The van der Waals surface area contributed by atoms with Crippen molar-refractivity contribution < 1.29 is 41.0 Å². The molecule has 38 heavy (non-hydrogen) atoms. The monoisotopic (exact) mass is 567 g/mol. The van der Waals surface area contributed by atoms with E-state index in [9.17, 15) is 26.4 Å². The van der Waals surface area contributed by atoms with Gasteiger partial charge in [0.1, 0.15) is 0 Å².